The van der Waals surface area contributed by atoms with Gasteiger partial charge in [0.25, 0.3) is 5.91 Å². The maximum atomic E-state index is 12.5. The predicted octanol–water partition coefficient (Wildman–Crippen LogP) is 3.82. The molecule has 1 aromatic heterocycles. The molecule has 136 valence electrons. The highest BCUT2D eigenvalue weighted by Crippen LogP contribution is 2.34. The van der Waals surface area contributed by atoms with Crippen LogP contribution in [-0.4, -0.2) is 22.7 Å². The van der Waals surface area contributed by atoms with Crippen molar-refractivity contribution < 1.29 is 14.3 Å². The van der Waals surface area contributed by atoms with Crippen molar-refractivity contribution in [1.82, 2.24) is 9.97 Å². The quantitative estimate of drug-likeness (QED) is 0.734. The Morgan fingerprint density at radius 3 is 2.81 bits per heavy atom. The molecule has 0 saturated carbocycles. The molecule has 4 rings (SSSR count). The number of hydrogen-bond acceptors (Lipinski definition) is 6. The normalized spacial score (nSPS) is 11.9. The van der Waals surface area contributed by atoms with E-state index in [1.54, 1.807) is 30.5 Å². The molecule has 1 aliphatic heterocycles. The van der Waals surface area contributed by atoms with Gasteiger partial charge in [-0.05, 0) is 49.2 Å². The zero-order chi connectivity index (χ0) is 18.8. The van der Waals surface area contributed by atoms with Gasteiger partial charge in [0, 0.05) is 23.6 Å². The fourth-order valence-corrected chi connectivity index (χ4v) is 2.72. The minimum absolute atomic E-state index is 0.187. The number of ether oxygens (including phenoxy) is 2. The highest BCUT2D eigenvalue weighted by Gasteiger charge is 2.15. The largest absolute Gasteiger partial charge is 0.454 e. The lowest BCUT2D eigenvalue weighted by Gasteiger charge is -2.11. The summed E-state index contributed by atoms with van der Waals surface area (Å²) in [6.07, 6.45) is 1.55. The Labute approximate surface area is 156 Å². The average Bonchev–Trinajstić information content (AvgIpc) is 3.13. The van der Waals surface area contributed by atoms with Crippen LogP contribution in [0.1, 0.15) is 21.6 Å². The van der Waals surface area contributed by atoms with Gasteiger partial charge >= 0.3 is 0 Å². The van der Waals surface area contributed by atoms with E-state index in [9.17, 15) is 4.79 Å². The minimum atomic E-state index is -0.333. The van der Waals surface area contributed by atoms with Crippen LogP contribution in [0.15, 0.2) is 48.7 Å². The van der Waals surface area contributed by atoms with Gasteiger partial charge in [-0.1, -0.05) is 12.1 Å². The highest BCUT2D eigenvalue weighted by atomic mass is 16.7. The first-order valence-corrected chi connectivity index (χ1v) is 8.47. The van der Waals surface area contributed by atoms with E-state index < -0.39 is 0 Å². The van der Waals surface area contributed by atoms with Crippen LogP contribution in [-0.2, 0) is 0 Å². The molecule has 2 N–H and O–H groups in total. The first-order chi connectivity index (χ1) is 13.1. The molecule has 7 heteroatoms. The molecule has 27 heavy (non-hydrogen) atoms. The summed E-state index contributed by atoms with van der Waals surface area (Å²) in [7, 11) is 0. The molecule has 1 amide bonds. The van der Waals surface area contributed by atoms with Crippen LogP contribution in [0.25, 0.3) is 0 Å². The fraction of sp³-hybridized carbons (Fsp3) is 0.150. The summed E-state index contributed by atoms with van der Waals surface area (Å²) in [6.45, 7) is 4.25. The van der Waals surface area contributed by atoms with Crippen LogP contribution in [0.5, 0.6) is 11.5 Å². The van der Waals surface area contributed by atoms with Gasteiger partial charge in [0.05, 0.1) is 0 Å². The van der Waals surface area contributed by atoms with Gasteiger partial charge in [-0.2, -0.15) is 0 Å². The van der Waals surface area contributed by atoms with Crippen LogP contribution in [0.3, 0.4) is 0 Å². The predicted molar refractivity (Wildman–Crippen MR) is 102 cm³/mol. The molecule has 1 aliphatic rings. The number of hydrogen-bond donors (Lipinski definition) is 2. The third kappa shape index (κ3) is 3.52. The maximum Gasteiger partial charge on any atom is 0.274 e. The second-order valence-electron chi connectivity index (χ2n) is 6.16. The van der Waals surface area contributed by atoms with Crippen molar-refractivity contribution >= 4 is 23.2 Å². The Bertz CT molecular complexity index is 1020. The molecule has 0 radical (unpaired) electrons. The van der Waals surface area contributed by atoms with E-state index in [1.165, 1.54) is 0 Å². The van der Waals surface area contributed by atoms with Gasteiger partial charge in [-0.25, -0.2) is 9.97 Å². The number of nitrogens with zero attached hydrogens (tertiary/aromatic N) is 2. The van der Waals surface area contributed by atoms with Crippen molar-refractivity contribution in [3.05, 3.63) is 65.5 Å². The van der Waals surface area contributed by atoms with Crippen LogP contribution in [0.2, 0.25) is 0 Å². The number of nitrogens with one attached hydrogen (secondary N) is 2. The van der Waals surface area contributed by atoms with E-state index >= 15 is 0 Å². The van der Waals surface area contributed by atoms with Gasteiger partial charge in [0.2, 0.25) is 12.7 Å². The van der Waals surface area contributed by atoms with E-state index in [1.807, 2.05) is 32.0 Å². The van der Waals surface area contributed by atoms with Crippen LogP contribution in [0.4, 0.5) is 17.3 Å². The summed E-state index contributed by atoms with van der Waals surface area (Å²) in [6, 6.07) is 12.7. The number of aromatic nitrogens is 2. The first kappa shape index (κ1) is 16.8. The Hall–Kier alpha value is -3.61. The van der Waals surface area contributed by atoms with E-state index in [0.717, 1.165) is 16.8 Å². The Morgan fingerprint density at radius 2 is 1.93 bits per heavy atom. The molecular formula is C20H18N4O3. The molecular weight excluding hydrogens is 344 g/mol. The molecule has 0 atom stereocenters. The highest BCUT2D eigenvalue weighted by molar-refractivity contribution is 6.03. The van der Waals surface area contributed by atoms with Crippen LogP contribution in [0, 0.1) is 13.8 Å². The lowest BCUT2D eigenvalue weighted by Crippen LogP contribution is -2.14. The molecule has 2 aromatic carbocycles. The molecule has 3 aromatic rings. The number of fused-ring (bicyclic) bond motifs is 1. The number of carbonyl (C=O) groups is 1. The summed E-state index contributed by atoms with van der Waals surface area (Å²) >= 11 is 0. The Morgan fingerprint density at radius 1 is 1.07 bits per heavy atom. The summed E-state index contributed by atoms with van der Waals surface area (Å²) < 4.78 is 10.6. The average molecular weight is 362 g/mol. The van der Waals surface area contributed by atoms with Gasteiger partial charge in [0.15, 0.2) is 11.5 Å². The van der Waals surface area contributed by atoms with E-state index in [-0.39, 0.29) is 18.4 Å². The molecule has 0 aliphatic carbocycles. The van der Waals surface area contributed by atoms with Crippen LogP contribution >= 0.6 is 0 Å². The minimum Gasteiger partial charge on any atom is -0.454 e. The summed E-state index contributed by atoms with van der Waals surface area (Å²) in [4.78, 5) is 21.1. The number of anilines is 3. The van der Waals surface area contributed by atoms with E-state index in [2.05, 4.69) is 20.6 Å². The number of carbonyl (C=O) groups excluding carboxylic acids is 1. The number of aryl methyl sites for hydroxylation is 1. The number of amides is 1. The van der Waals surface area contributed by atoms with Crippen molar-refractivity contribution in [2.45, 2.75) is 13.8 Å². The molecule has 2 heterocycles. The molecule has 0 fully saturated rings. The summed E-state index contributed by atoms with van der Waals surface area (Å²) in [5, 5.41) is 5.97. The smallest absolute Gasteiger partial charge is 0.274 e. The third-order valence-electron chi connectivity index (χ3n) is 4.37. The summed E-state index contributed by atoms with van der Waals surface area (Å²) in [5.74, 6) is 1.30. The van der Waals surface area contributed by atoms with E-state index in [4.69, 9.17) is 9.47 Å². The zero-order valence-electron chi connectivity index (χ0n) is 14.9. The van der Waals surface area contributed by atoms with Crippen molar-refractivity contribution in [2.75, 3.05) is 17.4 Å². The maximum absolute atomic E-state index is 12.5. The standard InChI is InChI=1S/C20H18N4O3/c1-12-4-3-5-15(13(12)2)23-20-21-9-8-16(24-20)19(25)22-14-6-7-17-18(10-14)27-11-26-17/h3-10H,11H2,1-2H3,(H,22,25)(H,21,23,24). The topological polar surface area (TPSA) is 85.4 Å². The fourth-order valence-electron chi connectivity index (χ4n) is 2.72. The molecule has 0 bridgehead atoms. The van der Waals surface area contributed by atoms with Crippen molar-refractivity contribution in [1.29, 1.82) is 0 Å². The van der Waals surface area contributed by atoms with Crippen LogP contribution < -0.4 is 20.1 Å². The van der Waals surface area contributed by atoms with Crippen molar-refractivity contribution in [2.24, 2.45) is 0 Å². The first-order valence-electron chi connectivity index (χ1n) is 8.47. The molecule has 0 saturated heterocycles. The molecule has 7 nitrogen and oxygen atoms in total. The van der Waals surface area contributed by atoms with Gasteiger partial charge in [-0.15, -0.1) is 0 Å². The second-order valence-corrected chi connectivity index (χ2v) is 6.16. The lowest BCUT2D eigenvalue weighted by atomic mass is 10.1. The second kappa shape index (κ2) is 6.95. The van der Waals surface area contributed by atoms with Crippen molar-refractivity contribution in [3.63, 3.8) is 0 Å². The van der Waals surface area contributed by atoms with E-state index in [0.29, 0.717) is 23.1 Å². The summed E-state index contributed by atoms with van der Waals surface area (Å²) in [5.41, 5.74) is 4.04. The van der Waals surface area contributed by atoms with Gasteiger partial charge < -0.3 is 20.1 Å². The van der Waals surface area contributed by atoms with Gasteiger partial charge in [-0.3, -0.25) is 4.79 Å². The SMILES string of the molecule is Cc1cccc(Nc2nccc(C(=O)Nc3ccc4c(c3)OCO4)n2)c1C. The van der Waals surface area contributed by atoms with Gasteiger partial charge in [0.1, 0.15) is 5.69 Å². The molecule has 0 unspecified atom stereocenters. The van der Waals surface area contributed by atoms with Crippen molar-refractivity contribution in [3.8, 4) is 11.5 Å². The number of rotatable bonds is 4. The lowest BCUT2D eigenvalue weighted by molar-refractivity contribution is 0.102. The monoisotopic (exact) mass is 362 g/mol. The number of benzene rings is 2. The molecule has 0 spiro atoms. The Kier molecular flexibility index (Phi) is 4.33. The Balaban J connectivity index is 1.51. The third-order valence-corrected chi connectivity index (χ3v) is 4.37. The zero-order valence-corrected chi connectivity index (χ0v) is 14.9.